The van der Waals surface area contributed by atoms with Gasteiger partial charge in [0.25, 0.3) is 7.82 Å². The summed E-state index contributed by atoms with van der Waals surface area (Å²) >= 11 is 0. The molecule has 0 heterocycles. The van der Waals surface area contributed by atoms with Crippen molar-refractivity contribution in [3.05, 3.63) is 24.3 Å². The summed E-state index contributed by atoms with van der Waals surface area (Å²) in [4.78, 5) is 37.5. The van der Waals surface area contributed by atoms with Crippen LogP contribution in [0.5, 0.6) is 0 Å². The molecule has 10 heteroatoms. The predicted octanol–water partition coefficient (Wildman–Crippen LogP) is 11.7. The Morgan fingerprint density at radius 3 is 1.54 bits per heavy atom. The maximum Gasteiger partial charge on any atom is 0.306 e. The number of unbranched alkanes of at least 4 members (excludes halogenated alkanes) is 22. The SMILES string of the molecule is [2H]C([2H])(/C=C\CCCCC)/C=C\CCCCCCCC(=O)O[C@H](COC(=O)CCCCCCCCCCCCCCCCC)COP(=O)([O-])OCC[N+](C)(C)C. The number of esters is 2. The summed E-state index contributed by atoms with van der Waals surface area (Å²) in [7, 11) is 1.10. The van der Waals surface area contributed by atoms with Gasteiger partial charge in [0.15, 0.2) is 6.10 Å². The number of phosphoric ester groups is 1. The van der Waals surface area contributed by atoms with Crippen molar-refractivity contribution in [3.8, 4) is 0 Å². The largest absolute Gasteiger partial charge is 0.756 e. The van der Waals surface area contributed by atoms with E-state index in [0.717, 1.165) is 77.0 Å². The minimum absolute atomic E-state index is 0.0506. The van der Waals surface area contributed by atoms with Gasteiger partial charge in [0.1, 0.15) is 19.8 Å². The average Bonchev–Trinajstić information content (AvgIpc) is 3.12. The first-order valence-electron chi connectivity index (χ1n) is 22.8. The lowest BCUT2D eigenvalue weighted by Gasteiger charge is -2.28. The molecule has 0 aliphatic heterocycles. The van der Waals surface area contributed by atoms with Gasteiger partial charge >= 0.3 is 11.9 Å². The molecule has 0 aromatic heterocycles. The maximum atomic E-state index is 12.7. The first-order valence-corrected chi connectivity index (χ1v) is 23.3. The molecule has 318 valence electrons. The molecule has 0 aliphatic rings. The van der Waals surface area contributed by atoms with E-state index in [0.29, 0.717) is 17.4 Å². The summed E-state index contributed by atoms with van der Waals surface area (Å²) in [5, 5.41) is 0. The van der Waals surface area contributed by atoms with Crippen molar-refractivity contribution in [1.82, 2.24) is 0 Å². The Kier molecular flexibility index (Phi) is 33.4. The van der Waals surface area contributed by atoms with Crippen molar-refractivity contribution in [2.75, 3.05) is 47.5 Å². The fraction of sp³-hybridized carbons (Fsp3) is 0.864. The zero-order valence-electron chi connectivity index (χ0n) is 37.5. The summed E-state index contributed by atoms with van der Waals surface area (Å²) in [6.45, 7) is 4.03. The van der Waals surface area contributed by atoms with Gasteiger partial charge in [-0.1, -0.05) is 160 Å². The number of hydrogen-bond donors (Lipinski definition) is 0. The number of allylic oxidation sites excluding steroid dienone is 4. The number of hydrogen-bond acceptors (Lipinski definition) is 8. The van der Waals surface area contributed by atoms with Crippen LogP contribution >= 0.6 is 7.82 Å². The van der Waals surface area contributed by atoms with E-state index < -0.39 is 38.8 Å². The van der Waals surface area contributed by atoms with Gasteiger partial charge in [-0.25, -0.2) is 0 Å². The summed E-state index contributed by atoms with van der Waals surface area (Å²) < 4.78 is 50.0. The molecule has 0 bridgehead atoms. The van der Waals surface area contributed by atoms with Crippen molar-refractivity contribution in [2.24, 2.45) is 0 Å². The fourth-order valence-corrected chi connectivity index (χ4v) is 6.56. The van der Waals surface area contributed by atoms with Crippen molar-refractivity contribution >= 4 is 19.8 Å². The topological polar surface area (TPSA) is 111 Å². The minimum atomic E-state index is -4.65. The van der Waals surface area contributed by atoms with E-state index in [1.807, 2.05) is 33.3 Å². The van der Waals surface area contributed by atoms with Crippen LogP contribution in [0.2, 0.25) is 0 Å². The molecule has 0 N–H and O–H groups in total. The molecule has 0 aromatic rings. The molecule has 0 fully saturated rings. The third-order valence-corrected chi connectivity index (χ3v) is 10.3. The number of ether oxygens (including phenoxy) is 2. The van der Waals surface area contributed by atoms with E-state index in [2.05, 4.69) is 13.8 Å². The molecule has 0 rings (SSSR count). The van der Waals surface area contributed by atoms with Crippen LogP contribution in [0.15, 0.2) is 24.3 Å². The van der Waals surface area contributed by atoms with E-state index >= 15 is 0 Å². The van der Waals surface area contributed by atoms with E-state index in [-0.39, 0.29) is 26.1 Å². The highest BCUT2D eigenvalue weighted by atomic mass is 31.2. The van der Waals surface area contributed by atoms with Crippen LogP contribution < -0.4 is 4.89 Å². The second kappa shape index (κ2) is 37.1. The zero-order valence-corrected chi connectivity index (χ0v) is 36.4. The number of phosphoric acid groups is 1. The Morgan fingerprint density at radius 1 is 0.611 bits per heavy atom. The van der Waals surface area contributed by atoms with E-state index in [1.54, 1.807) is 12.2 Å². The fourth-order valence-electron chi connectivity index (χ4n) is 5.83. The molecule has 0 aliphatic carbocycles. The van der Waals surface area contributed by atoms with Crippen LogP contribution in [0.3, 0.4) is 0 Å². The molecule has 0 spiro atoms. The van der Waals surface area contributed by atoms with Crippen LogP contribution in [-0.4, -0.2) is 70.0 Å². The van der Waals surface area contributed by atoms with Crippen molar-refractivity contribution in [1.29, 1.82) is 0 Å². The monoisotopic (exact) mass is 788 g/mol. The molecule has 1 unspecified atom stereocenters. The van der Waals surface area contributed by atoms with Gasteiger partial charge < -0.3 is 27.9 Å². The Morgan fingerprint density at radius 2 is 1.04 bits per heavy atom. The number of carbonyl (C=O) groups is 2. The molecular weight excluding hydrogens is 701 g/mol. The standard InChI is InChI=1S/C44H84NO8P/c1-6-8-10-12-14-16-18-20-22-24-26-28-30-32-34-36-43(46)50-40-42(41-52-54(48,49)51-39-38-45(3,4)5)53-44(47)37-35-33-31-29-27-25-23-21-19-17-15-13-11-9-7-2/h15,17,21,23,42H,6-14,16,18-20,22,24-41H2,1-5H3/b17-15-,23-21-/t42-/m1/s1/i19D2. The van der Waals surface area contributed by atoms with Gasteiger partial charge in [-0.05, 0) is 44.9 Å². The van der Waals surface area contributed by atoms with Crippen molar-refractivity contribution < 1.29 is 44.8 Å². The molecule has 54 heavy (non-hydrogen) atoms. The van der Waals surface area contributed by atoms with Crippen LogP contribution in [0.4, 0.5) is 0 Å². The molecular formula is C44H84NO8P. The van der Waals surface area contributed by atoms with Gasteiger partial charge in [0, 0.05) is 15.6 Å². The van der Waals surface area contributed by atoms with Gasteiger partial charge in [-0.2, -0.15) is 0 Å². The summed E-state index contributed by atoms with van der Waals surface area (Å²) in [6.07, 6.45) is 33.0. The molecule has 0 radical (unpaired) electrons. The Hall–Kier alpha value is -1.51. The van der Waals surface area contributed by atoms with E-state index in [9.17, 15) is 19.0 Å². The Balaban J connectivity index is 4.47. The zero-order chi connectivity index (χ0) is 41.8. The maximum absolute atomic E-state index is 12.7. The lowest BCUT2D eigenvalue weighted by Crippen LogP contribution is -2.37. The lowest BCUT2D eigenvalue weighted by molar-refractivity contribution is -0.870. The first kappa shape index (κ1) is 48.6. The average molecular weight is 788 g/mol. The third-order valence-electron chi connectivity index (χ3n) is 9.30. The molecule has 2 atom stereocenters. The predicted molar refractivity (Wildman–Crippen MR) is 222 cm³/mol. The van der Waals surface area contributed by atoms with Gasteiger partial charge in [0.05, 0.1) is 27.7 Å². The normalized spacial score (nSPS) is 14.6. The van der Waals surface area contributed by atoms with Gasteiger partial charge in [-0.3, -0.25) is 14.2 Å². The van der Waals surface area contributed by atoms with Crippen LogP contribution in [0.25, 0.3) is 0 Å². The van der Waals surface area contributed by atoms with E-state index in [4.69, 9.17) is 21.3 Å². The highest BCUT2D eigenvalue weighted by molar-refractivity contribution is 7.45. The highest BCUT2D eigenvalue weighted by Gasteiger charge is 2.21. The minimum Gasteiger partial charge on any atom is -0.756 e. The number of quaternary nitrogens is 1. The summed E-state index contributed by atoms with van der Waals surface area (Å²) in [6, 6.07) is 0. The third kappa shape index (κ3) is 40.2. The Bertz CT molecular complexity index is 1070. The van der Waals surface area contributed by atoms with Crippen molar-refractivity contribution in [3.63, 3.8) is 0 Å². The van der Waals surface area contributed by atoms with Gasteiger partial charge in [0.2, 0.25) is 0 Å². The molecule has 0 aromatic carbocycles. The Labute approximate surface area is 335 Å². The summed E-state index contributed by atoms with van der Waals surface area (Å²) in [5.74, 6) is -0.910. The number of rotatable bonds is 40. The number of nitrogens with zero attached hydrogens (tertiary/aromatic N) is 1. The first-order chi connectivity index (χ1) is 26.7. The van der Waals surface area contributed by atoms with E-state index in [1.165, 1.54) is 77.0 Å². The number of likely N-dealkylation sites (N-methyl/N-ethyl adjacent to an activating group) is 1. The van der Waals surface area contributed by atoms with Crippen LogP contribution in [0.1, 0.15) is 196 Å². The van der Waals surface area contributed by atoms with Crippen LogP contribution in [0, 0.1) is 0 Å². The summed E-state index contributed by atoms with van der Waals surface area (Å²) in [5.41, 5.74) is 0. The van der Waals surface area contributed by atoms with Crippen molar-refractivity contribution in [2.45, 2.75) is 200 Å². The lowest BCUT2D eigenvalue weighted by atomic mass is 10.0. The molecule has 0 amide bonds. The second-order valence-electron chi connectivity index (χ2n) is 15.9. The van der Waals surface area contributed by atoms with Gasteiger partial charge in [-0.15, -0.1) is 0 Å². The second-order valence-corrected chi connectivity index (χ2v) is 17.3. The quantitative estimate of drug-likeness (QED) is 0.0198. The molecule has 0 saturated heterocycles. The number of carbonyl (C=O) groups excluding carboxylic acids is 2. The smallest absolute Gasteiger partial charge is 0.306 e. The van der Waals surface area contributed by atoms with Crippen LogP contribution in [-0.2, 0) is 32.7 Å². The molecule has 0 saturated carbocycles. The highest BCUT2D eigenvalue weighted by Crippen LogP contribution is 2.38. The molecule has 9 nitrogen and oxygen atoms in total.